The molecule has 0 radical (unpaired) electrons. The van der Waals surface area contributed by atoms with E-state index in [-0.39, 0.29) is 18.5 Å². The summed E-state index contributed by atoms with van der Waals surface area (Å²) >= 11 is 0. The number of benzene rings is 1. The molecule has 2 heterocycles. The van der Waals surface area contributed by atoms with E-state index in [1.54, 1.807) is 30.5 Å². The van der Waals surface area contributed by atoms with Gasteiger partial charge in [-0.2, -0.15) is 0 Å². The number of nitrogens with zero attached hydrogens (tertiary/aromatic N) is 3. The van der Waals surface area contributed by atoms with Crippen LogP contribution >= 0.6 is 0 Å². The highest BCUT2D eigenvalue weighted by Gasteiger charge is 2.29. The van der Waals surface area contributed by atoms with E-state index in [4.69, 9.17) is 10.5 Å². The first-order valence-electron chi connectivity index (χ1n) is 9.20. The first kappa shape index (κ1) is 20.0. The van der Waals surface area contributed by atoms with Crippen molar-refractivity contribution in [3.05, 3.63) is 53.5 Å². The molecule has 0 spiro atoms. The highest BCUT2D eigenvalue weighted by Crippen LogP contribution is 2.25. The van der Waals surface area contributed by atoms with Crippen LogP contribution in [0, 0.1) is 5.82 Å². The van der Waals surface area contributed by atoms with Gasteiger partial charge < -0.3 is 20.5 Å². The fraction of sp³-hybridized carbons (Fsp3) is 0.400. The fourth-order valence-electron chi connectivity index (χ4n) is 3.56. The van der Waals surface area contributed by atoms with Gasteiger partial charge in [0.15, 0.2) is 0 Å². The Morgan fingerprint density at radius 3 is 2.89 bits per heavy atom. The SMILES string of the molecule is COc1ccc(CN2CCN(c3ncccc3C(N)=O)CC2CCO)c(F)c1. The Balaban J connectivity index is 1.77. The minimum Gasteiger partial charge on any atom is -0.497 e. The Hall–Kier alpha value is -2.71. The molecule has 0 saturated carbocycles. The lowest BCUT2D eigenvalue weighted by Gasteiger charge is -2.42. The third kappa shape index (κ3) is 4.40. The highest BCUT2D eigenvalue weighted by molar-refractivity contribution is 5.97. The van der Waals surface area contributed by atoms with Gasteiger partial charge in [0, 0.05) is 56.7 Å². The van der Waals surface area contributed by atoms with E-state index in [0.717, 1.165) is 0 Å². The molecule has 0 aliphatic carbocycles. The van der Waals surface area contributed by atoms with Crippen LogP contribution in [0.3, 0.4) is 0 Å². The van der Waals surface area contributed by atoms with Crippen molar-refractivity contribution in [1.82, 2.24) is 9.88 Å². The van der Waals surface area contributed by atoms with Crippen molar-refractivity contribution in [2.75, 3.05) is 38.3 Å². The monoisotopic (exact) mass is 388 g/mol. The third-order valence-corrected chi connectivity index (χ3v) is 5.05. The van der Waals surface area contributed by atoms with Gasteiger partial charge in [-0.1, -0.05) is 6.07 Å². The van der Waals surface area contributed by atoms with Gasteiger partial charge in [0.05, 0.1) is 12.7 Å². The summed E-state index contributed by atoms with van der Waals surface area (Å²) in [5, 5.41) is 9.50. The molecule has 1 saturated heterocycles. The van der Waals surface area contributed by atoms with E-state index in [9.17, 15) is 14.3 Å². The zero-order chi connectivity index (χ0) is 20.1. The number of primary amides is 1. The standard InChI is InChI=1S/C20H25FN4O3/c1-28-16-5-4-14(18(21)11-16)12-24-8-9-25(13-15(24)6-10-26)20-17(19(22)27)3-2-7-23-20/h2-5,7,11,15,26H,6,8-10,12-13H2,1H3,(H2,22,27). The molecule has 150 valence electrons. The van der Waals surface area contributed by atoms with Crippen LogP contribution in [0.5, 0.6) is 5.75 Å². The van der Waals surface area contributed by atoms with E-state index in [0.29, 0.717) is 55.3 Å². The maximum atomic E-state index is 14.4. The van der Waals surface area contributed by atoms with E-state index in [1.807, 2.05) is 4.90 Å². The summed E-state index contributed by atoms with van der Waals surface area (Å²) in [7, 11) is 1.50. The number of carbonyl (C=O) groups excluding carboxylic acids is 1. The number of aromatic nitrogens is 1. The van der Waals surface area contributed by atoms with Crippen LogP contribution in [0.1, 0.15) is 22.3 Å². The van der Waals surface area contributed by atoms with Crippen LogP contribution < -0.4 is 15.4 Å². The molecule has 1 aromatic heterocycles. The number of piperazine rings is 1. The Morgan fingerprint density at radius 1 is 1.39 bits per heavy atom. The highest BCUT2D eigenvalue weighted by atomic mass is 19.1. The average molecular weight is 388 g/mol. The second kappa shape index (κ2) is 8.99. The van der Waals surface area contributed by atoms with Crippen molar-refractivity contribution in [3.8, 4) is 5.75 Å². The van der Waals surface area contributed by atoms with Crippen LogP contribution in [-0.4, -0.2) is 60.3 Å². The molecule has 0 bridgehead atoms. The van der Waals surface area contributed by atoms with Crippen LogP contribution in [0.4, 0.5) is 10.2 Å². The molecular weight excluding hydrogens is 363 g/mol. The molecule has 1 aliphatic heterocycles. The summed E-state index contributed by atoms with van der Waals surface area (Å²) < 4.78 is 19.4. The Kier molecular flexibility index (Phi) is 6.43. The van der Waals surface area contributed by atoms with Crippen molar-refractivity contribution in [2.24, 2.45) is 5.73 Å². The minimum absolute atomic E-state index is 0.0111. The molecule has 3 N–H and O–H groups in total. The van der Waals surface area contributed by atoms with Gasteiger partial charge in [-0.05, 0) is 24.6 Å². The summed E-state index contributed by atoms with van der Waals surface area (Å²) in [4.78, 5) is 20.2. The molecule has 1 aliphatic rings. The molecule has 1 amide bonds. The maximum absolute atomic E-state index is 14.4. The maximum Gasteiger partial charge on any atom is 0.252 e. The quantitative estimate of drug-likeness (QED) is 0.745. The fourth-order valence-corrected chi connectivity index (χ4v) is 3.56. The van der Waals surface area contributed by atoms with Crippen molar-refractivity contribution in [3.63, 3.8) is 0 Å². The van der Waals surface area contributed by atoms with Gasteiger partial charge in [0.1, 0.15) is 17.4 Å². The molecule has 1 aromatic carbocycles. The van der Waals surface area contributed by atoms with Crippen molar-refractivity contribution in [1.29, 1.82) is 0 Å². The zero-order valence-corrected chi connectivity index (χ0v) is 15.8. The number of nitrogens with two attached hydrogens (primary N) is 1. The molecule has 7 nitrogen and oxygen atoms in total. The predicted molar refractivity (Wildman–Crippen MR) is 104 cm³/mol. The third-order valence-electron chi connectivity index (χ3n) is 5.05. The van der Waals surface area contributed by atoms with E-state index in [2.05, 4.69) is 9.88 Å². The smallest absolute Gasteiger partial charge is 0.252 e. The number of rotatable bonds is 7. The van der Waals surface area contributed by atoms with E-state index >= 15 is 0 Å². The molecule has 1 unspecified atom stereocenters. The lowest BCUT2D eigenvalue weighted by atomic mass is 10.1. The van der Waals surface area contributed by atoms with Gasteiger partial charge in [0.25, 0.3) is 5.91 Å². The first-order chi connectivity index (χ1) is 13.5. The van der Waals surface area contributed by atoms with Gasteiger partial charge >= 0.3 is 0 Å². The number of halogens is 1. The van der Waals surface area contributed by atoms with Crippen molar-refractivity contribution < 1.29 is 19.0 Å². The van der Waals surface area contributed by atoms with E-state index < -0.39 is 5.91 Å². The topological polar surface area (TPSA) is 91.9 Å². The number of hydrogen-bond acceptors (Lipinski definition) is 6. The number of pyridine rings is 1. The summed E-state index contributed by atoms with van der Waals surface area (Å²) in [6, 6.07) is 8.16. The minimum atomic E-state index is -0.524. The van der Waals surface area contributed by atoms with Gasteiger partial charge in [-0.3, -0.25) is 9.69 Å². The summed E-state index contributed by atoms with van der Waals surface area (Å²) in [6.45, 7) is 2.28. The molecule has 28 heavy (non-hydrogen) atoms. The van der Waals surface area contributed by atoms with E-state index in [1.165, 1.54) is 13.2 Å². The lowest BCUT2D eigenvalue weighted by molar-refractivity contribution is 0.0999. The van der Waals surface area contributed by atoms with Crippen LogP contribution in [0.25, 0.3) is 0 Å². The number of anilines is 1. The summed E-state index contributed by atoms with van der Waals surface area (Å²) in [5.74, 6) is 0.190. The predicted octanol–water partition coefficient (Wildman–Crippen LogP) is 1.40. The molecule has 1 fully saturated rings. The average Bonchev–Trinajstić information content (AvgIpc) is 2.70. The van der Waals surface area contributed by atoms with Gasteiger partial charge in [0.2, 0.25) is 0 Å². The number of ether oxygens (including phenoxy) is 1. The number of carbonyl (C=O) groups is 1. The Morgan fingerprint density at radius 2 is 2.21 bits per heavy atom. The zero-order valence-electron chi connectivity index (χ0n) is 15.8. The first-order valence-corrected chi connectivity index (χ1v) is 9.20. The molecule has 2 aromatic rings. The summed E-state index contributed by atoms with van der Waals surface area (Å²) in [6.07, 6.45) is 2.16. The molecule has 8 heteroatoms. The number of aliphatic hydroxyl groups excluding tert-OH is 1. The van der Waals surface area contributed by atoms with Crippen molar-refractivity contribution in [2.45, 2.75) is 19.0 Å². The molecular formula is C20H25FN4O3. The number of aliphatic hydroxyl groups is 1. The van der Waals surface area contributed by atoms with Crippen LogP contribution in [-0.2, 0) is 6.54 Å². The number of hydrogen-bond donors (Lipinski definition) is 2. The molecule has 1 atom stereocenters. The Labute approximate surface area is 163 Å². The number of methoxy groups -OCH3 is 1. The lowest BCUT2D eigenvalue weighted by Crippen LogP contribution is -2.53. The molecule has 3 rings (SSSR count). The summed E-state index contributed by atoms with van der Waals surface area (Å²) in [5.41, 5.74) is 6.43. The largest absolute Gasteiger partial charge is 0.497 e. The van der Waals surface area contributed by atoms with Gasteiger partial charge in [-0.25, -0.2) is 9.37 Å². The normalized spacial score (nSPS) is 17.5. The van der Waals surface area contributed by atoms with Crippen LogP contribution in [0.15, 0.2) is 36.5 Å². The van der Waals surface area contributed by atoms with Gasteiger partial charge in [-0.15, -0.1) is 0 Å². The second-order valence-corrected chi connectivity index (χ2v) is 6.78. The van der Waals surface area contributed by atoms with Crippen molar-refractivity contribution >= 4 is 11.7 Å². The Bertz CT molecular complexity index is 833. The number of amides is 1. The second-order valence-electron chi connectivity index (χ2n) is 6.78. The van der Waals surface area contributed by atoms with Crippen LogP contribution in [0.2, 0.25) is 0 Å².